The fraction of sp³-hybridized carbons (Fsp3) is 0.312. The van der Waals surface area contributed by atoms with E-state index < -0.39 is 0 Å². The van der Waals surface area contributed by atoms with Crippen LogP contribution in [0, 0.1) is 0 Å². The van der Waals surface area contributed by atoms with Crippen molar-refractivity contribution in [3.05, 3.63) is 42.5 Å². The molecule has 1 saturated heterocycles. The van der Waals surface area contributed by atoms with Gasteiger partial charge in [-0.05, 0) is 30.7 Å². The van der Waals surface area contributed by atoms with Gasteiger partial charge in [-0.3, -0.25) is 4.79 Å². The van der Waals surface area contributed by atoms with Gasteiger partial charge in [-0.15, -0.1) is 0 Å². The van der Waals surface area contributed by atoms with Gasteiger partial charge < -0.3 is 10.6 Å². The fourth-order valence-electron chi connectivity index (χ4n) is 2.62. The summed E-state index contributed by atoms with van der Waals surface area (Å²) in [4.78, 5) is 12.0. The summed E-state index contributed by atoms with van der Waals surface area (Å²) in [6.07, 6.45) is 3.05. The Kier molecular flexibility index (Phi) is 3.36. The molecule has 3 rings (SSSR count). The quantitative estimate of drug-likeness (QED) is 0.865. The summed E-state index contributed by atoms with van der Waals surface area (Å²) >= 11 is 0. The molecule has 0 radical (unpaired) electrons. The van der Waals surface area contributed by atoms with Crippen LogP contribution in [0.5, 0.6) is 0 Å². The Morgan fingerprint density at radius 2 is 1.89 bits per heavy atom. The number of carbonyl (C=O) groups excluding carboxylic acids is 1. The van der Waals surface area contributed by atoms with E-state index in [1.807, 2.05) is 24.3 Å². The molecule has 1 aliphatic rings. The van der Waals surface area contributed by atoms with Crippen LogP contribution in [0.1, 0.15) is 19.3 Å². The Balaban J connectivity index is 1.90. The molecule has 0 saturated carbocycles. The van der Waals surface area contributed by atoms with Crippen LogP contribution < -0.4 is 10.6 Å². The molecule has 98 valence electrons. The number of nitrogens with one attached hydrogen (secondary N) is 2. The Morgan fingerprint density at radius 1 is 1.05 bits per heavy atom. The van der Waals surface area contributed by atoms with Gasteiger partial charge in [-0.25, -0.2) is 0 Å². The van der Waals surface area contributed by atoms with Crippen molar-refractivity contribution < 1.29 is 4.79 Å². The first-order valence-corrected chi connectivity index (χ1v) is 6.86. The largest absolute Gasteiger partial charge is 0.373 e. The molecule has 0 bridgehead atoms. The van der Waals surface area contributed by atoms with Gasteiger partial charge in [0.25, 0.3) is 0 Å². The van der Waals surface area contributed by atoms with Crippen molar-refractivity contribution in [2.75, 3.05) is 11.9 Å². The lowest BCUT2D eigenvalue weighted by molar-refractivity contribution is -0.121. The minimum Gasteiger partial charge on any atom is -0.373 e. The summed E-state index contributed by atoms with van der Waals surface area (Å²) < 4.78 is 0. The number of carbonyl (C=O) groups is 1. The molecule has 1 atom stereocenters. The van der Waals surface area contributed by atoms with Gasteiger partial charge in [0.15, 0.2) is 0 Å². The van der Waals surface area contributed by atoms with E-state index in [-0.39, 0.29) is 11.9 Å². The molecular weight excluding hydrogens is 236 g/mol. The Morgan fingerprint density at radius 3 is 2.84 bits per heavy atom. The van der Waals surface area contributed by atoms with Crippen LogP contribution >= 0.6 is 0 Å². The summed E-state index contributed by atoms with van der Waals surface area (Å²) in [5, 5.41) is 8.73. The standard InChI is InChI=1S/C16H18N2O/c19-16-15(9-3-4-11-17-16)18-14-10-5-7-12-6-1-2-8-13(12)14/h1-2,5-8,10,15,18H,3-4,9,11H2,(H,17,19). The van der Waals surface area contributed by atoms with Crippen LogP contribution in [0.2, 0.25) is 0 Å². The summed E-state index contributed by atoms with van der Waals surface area (Å²) in [6.45, 7) is 0.798. The maximum absolute atomic E-state index is 12.0. The van der Waals surface area contributed by atoms with Crippen molar-refractivity contribution in [2.24, 2.45) is 0 Å². The number of anilines is 1. The minimum atomic E-state index is -0.117. The first kappa shape index (κ1) is 12.0. The first-order valence-electron chi connectivity index (χ1n) is 6.86. The molecule has 1 unspecified atom stereocenters. The third-order valence-electron chi connectivity index (χ3n) is 3.65. The van der Waals surface area contributed by atoms with Gasteiger partial charge in [0, 0.05) is 17.6 Å². The van der Waals surface area contributed by atoms with E-state index in [1.54, 1.807) is 0 Å². The zero-order valence-electron chi connectivity index (χ0n) is 10.9. The van der Waals surface area contributed by atoms with E-state index in [4.69, 9.17) is 0 Å². The van der Waals surface area contributed by atoms with E-state index >= 15 is 0 Å². The van der Waals surface area contributed by atoms with Gasteiger partial charge >= 0.3 is 0 Å². The van der Waals surface area contributed by atoms with Crippen molar-refractivity contribution in [1.82, 2.24) is 5.32 Å². The topological polar surface area (TPSA) is 41.1 Å². The Bertz CT molecular complexity index is 589. The molecule has 1 aliphatic heterocycles. The van der Waals surface area contributed by atoms with E-state index in [9.17, 15) is 4.79 Å². The summed E-state index contributed by atoms with van der Waals surface area (Å²) in [7, 11) is 0. The molecule has 1 heterocycles. The van der Waals surface area contributed by atoms with Crippen LogP contribution in [0.4, 0.5) is 5.69 Å². The van der Waals surface area contributed by atoms with E-state index in [0.29, 0.717) is 0 Å². The highest BCUT2D eigenvalue weighted by Gasteiger charge is 2.20. The predicted molar refractivity (Wildman–Crippen MR) is 78.2 cm³/mol. The lowest BCUT2D eigenvalue weighted by atomic mass is 10.1. The second-order valence-corrected chi connectivity index (χ2v) is 5.01. The molecular formula is C16H18N2O. The lowest BCUT2D eigenvalue weighted by Gasteiger charge is -2.18. The van der Waals surface area contributed by atoms with Crippen LogP contribution in [-0.2, 0) is 4.79 Å². The highest BCUT2D eigenvalue weighted by molar-refractivity contribution is 5.96. The third kappa shape index (κ3) is 2.55. The van der Waals surface area contributed by atoms with Crippen molar-refractivity contribution in [3.8, 4) is 0 Å². The number of rotatable bonds is 2. The van der Waals surface area contributed by atoms with Crippen LogP contribution in [0.15, 0.2) is 42.5 Å². The van der Waals surface area contributed by atoms with Crippen LogP contribution in [0.3, 0.4) is 0 Å². The first-order chi connectivity index (χ1) is 9.34. The SMILES string of the molecule is O=C1NCCCCC1Nc1cccc2ccccc12. The normalized spacial score (nSPS) is 19.8. The molecule has 0 spiro atoms. The van der Waals surface area contributed by atoms with Gasteiger partial charge in [-0.2, -0.15) is 0 Å². The van der Waals surface area contributed by atoms with Gasteiger partial charge in [-0.1, -0.05) is 36.4 Å². The average molecular weight is 254 g/mol. The number of amides is 1. The maximum Gasteiger partial charge on any atom is 0.242 e. The molecule has 0 aliphatic carbocycles. The predicted octanol–water partition coefficient (Wildman–Crippen LogP) is 2.92. The summed E-state index contributed by atoms with van der Waals surface area (Å²) in [5.41, 5.74) is 1.04. The molecule has 3 heteroatoms. The smallest absolute Gasteiger partial charge is 0.242 e. The van der Waals surface area contributed by atoms with Crippen molar-refractivity contribution in [1.29, 1.82) is 0 Å². The summed E-state index contributed by atoms with van der Waals surface area (Å²) in [5.74, 6) is 0.116. The van der Waals surface area contributed by atoms with E-state index in [0.717, 1.165) is 31.5 Å². The van der Waals surface area contributed by atoms with Crippen molar-refractivity contribution >= 4 is 22.4 Å². The van der Waals surface area contributed by atoms with Crippen LogP contribution in [-0.4, -0.2) is 18.5 Å². The van der Waals surface area contributed by atoms with Crippen LogP contribution in [0.25, 0.3) is 10.8 Å². The van der Waals surface area contributed by atoms with Crippen molar-refractivity contribution in [3.63, 3.8) is 0 Å². The molecule has 0 aromatic heterocycles. The average Bonchev–Trinajstić information content (AvgIpc) is 2.65. The van der Waals surface area contributed by atoms with E-state index in [1.165, 1.54) is 10.8 Å². The van der Waals surface area contributed by atoms with Gasteiger partial charge in [0.2, 0.25) is 5.91 Å². The van der Waals surface area contributed by atoms with E-state index in [2.05, 4.69) is 28.8 Å². The zero-order chi connectivity index (χ0) is 13.1. The highest BCUT2D eigenvalue weighted by Crippen LogP contribution is 2.24. The summed E-state index contributed by atoms with van der Waals surface area (Å²) in [6, 6.07) is 14.3. The minimum absolute atomic E-state index is 0.116. The molecule has 1 amide bonds. The number of hydrogen-bond donors (Lipinski definition) is 2. The highest BCUT2D eigenvalue weighted by atomic mass is 16.2. The number of benzene rings is 2. The Hall–Kier alpha value is -2.03. The fourth-order valence-corrected chi connectivity index (χ4v) is 2.62. The molecule has 2 aromatic carbocycles. The number of fused-ring (bicyclic) bond motifs is 1. The van der Waals surface area contributed by atoms with Crippen molar-refractivity contribution in [2.45, 2.75) is 25.3 Å². The monoisotopic (exact) mass is 254 g/mol. The second kappa shape index (κ2) is 5.31. The molecule has 1 fully saturated rings. The Labute approximate surface area is 113 Å². The zero-order valence-corrected chi connectivity index (χ0v) is 10.9. The second-order valence-electron chi connectivity index (χ2n) is 5.01. The third-order valence-corrected chi connectivity index (χ3v) is 3.65. The van der Waals surface area contributed by atoms with Gasteiger partial charge in [0.05, 0.1) is 0 Å². The number of hydrogen-bond acceptors (Lipinski definition) is 2. The lowest BCUT2D eigenvalue weighted by Crippen LogP contribution is -2.37. The maximum atomic E-state index is 12.0. The molecule has 19 heavy (non-hydrogen) atoms. The molecule has 2 N–H and O–H groups in total. The molecule has 2 aromatic rings. The molecule has 3 nitrogen and oxygen atoms in total. The van der Waals surface area contributed by atoms with Gasteiger partial charge in [0.1, 0.15) is 6.04 Å².